The highest BCUT2D eigenvalue weighted by atomic mass is 35.5. The molecule has 2 nitrogen and oxygen atoms in total. The van der Waals surface area contributed by atoms with Crippen LogP contribution in [0, 0.1) is 17.1 Å². The second kappa shape index (κ2) is 4.80. The second-order valence-electron chi connectivity index (χ2n) is 2.64. The monoisotopic (exact) mass is 200 g/mol. The van der Waals surface area contributed by atoms with Gasteiger partial charge in [-0.2, -0.15) is 5.26 Å². The molecule has 0 aliphatic heterocycles. The Morgan fingerprint density at radius 2 is 2.15 bits per heavy atom. The first-order valence-corrected chi connectivity index (χ1v) is 3.60. The summed E-state index contributed by atoms with van der Waals surface area (Å²) in [6, 6.07) is 5.81. The lowest BCUT2D eigenvalue weighted by Crippen LogP contribution is -2.07. The maximum Gasteiger partial charge on any atom is 0.129 e. The van der Waals surface area contributed by atoms with Gasteiger partial charge in [0.2, 0.25) is 0 Å². The molecule has 0 radical (unpaired) electrons. The minimum Gasteiger partial charge on any atom is -0.324 e. The molecular formula is C9H10ClFN2. The summed E-state index contributed by atoms with van der Waals surface area (Å²) in [6.45, 7) is 1.70. The predicted molar refractivity (Wildman–Crippen MR) is 51.0 cm³/mol. The van der Waals surface area contributed by atoms with Crippen LogP contribution in [0.25, 0.3) is 0 Å². The van der Waals surface area contributed by atoms with Gasteiger partial charge in [-0.15, -0.1) is 12.4 Å². The second-order valence-corrected chi connectivity index (χ2v) is 2.64. The highest BCUT2D eigenvalue weighted by Gasteiger charge is 2.06. The molecule has 0 spiro atoms. The maximum absolute atomic E-state index is 13.1. The normalized spacial score (nSPS) is 11.2. The molecule has 0 amide bonds. The van der Waals surface area contributed by atoms with Gasteiger partial charge in [0.1, 0.15) is 5.82 Å². The van der Waals surface area contributed by atoms with Crippen LogP contribution in [-0.4, -0.2) is 0 Å². The summed E-state index contributed by atoms with van der Waals surface area (Å²) in [4.78, 5) is 0. The van der Waals surface area contributed by atoms with Gasteiger partial charge in [0.25, 0.3) is 0 Å². The summed E-state index contributed by atoms with van der Waals surface area (Å²) in [6.07, 6.45) is 0. The standard InChI is InChI=1S/C9H9FN2.ClH/c1-6(12)8-3-2-7(5-11)4-9(8)10;/h2-4,6H,12H2,1H3;1H/t6-;/m0./s1. The van der Waals surface area contributed by atoms with Crippen molar-refractivity contribution < 1.29 is 4.39 Å². The van der Waals surface area contributed by atoms with E-state index in [-0.39, 0.29) is 18.4 Å². The average Bonchev–Trinajstić information content (AvgIpc) is 2.03. The van der Waals surface area contributed by atoms with Gasteiger partial charge in [-0.05, 0) is 19.1 Å². The largest absolute Gasteiger partial charge is 0.324 e. The SMILES string of the molecule is C[C@H](N)c1ccc(C#N)cc1F.Cl. The van der Waals surface area contributed by atoms with Crippen LogP contribution in [-0.2, 0) is 0 Å². The maximum atomic E-state index is 13.1. The molecule has 2 N–H and O–H groups in total. The lowest BCUT2D eigenvalue weighted by Gasteiger charge is -2.05. The fourth-order valence-electron chi connectivity index (χ4n) is 0.966. The van der Waals surface area contributed by atoms with E-state index in [0.29, 0.717) is 11.1 Å². The van der Waals surface area contributed by atoms with Gasteiger partial charge in [-0.3, -0.25) is 0 Å². The van der Waals surface area contributed by atoms with E-state index in [2.05, 4.69) is 0 Å². The zero-order valence-corrected chi connectivity index (χ0v) is 7.94. The van der Waals surface area contributed by atoms with E-state index >= 15 is 0 Å². The summed E-state index contributed by atoms with van der Waals surface area (Å²) in [5.41, 5.74) is 6.24. The van der Waals surface area contributed by atoms with Crippen LogP contribution in [0.15, 0.2) is 18.2 Å². The van der Waals surface area contributed by atoms with E-state index < -0.39 is 5.82 Å². The molecule has 0 unspecified atom stereocenters. The number of nitrogens with zero attached hydrogens (tertiary/aromatic N) is 1. The lowest BCUT2D eigenvalue weighted by atomic mass is 10.1. The van der Waals surface area contributed by atoms with Crippen molar-refractivity contribution >= 4 is 12.4 Å². The van der Waals surface area contributed by atoms with E-state index in [1.807, 2.05) is 6.07 Å². The van der Waals surface area contributed by atoms with Crippen molar-refractivity contribution in [1.29, 1.82) is 5.26 Å². The molecule has 0 aromatic heterocycles. The Morgan fingerprint density at radius 1 is 1.54 bits per heavy atom. The molecule has 1 rings (SSSR count). The Morgan fingerprint density at radius 3 is 2.54 bits per heavy atom. The van der Waals surface area contributed by atoms with E-state index in [1.165, 1.54) is 6.07 Å². The van der Waals surface area contributed by atoms with Crippen LogP contribution in [0.5, 0.6) is 0 Å². The zero-order valence-electron chi connectivity index (χ0n) is 7.12. The molecule has 70 valence electrons. The Kier molecular flexibility index (Phi) is 4.39. The van der Waals surface area contributed by atoms with Crippen molar-refractivity contribution in [2.24, 2.45) is 5.73 Å². The number of hydrogen-bond donors (Lipinski definition) is 1. The summed E-state index contributed by atoms with van der Waals surface area (Å²) in [5.74, 6) is -0.413. The summed E-state index contributed by atoms with van der Waals surface area (Å²) in [7, 11) is 0. The number of rotatable bonds is 1. The van der Waals surface area contributed by atoms with Crippen LogP contribution in [0.2, 0.25) is 0 Å². The van der Waals surface area contributed by atoms with Crippen molar-refractivity contribution in [3.8, 4) is 6.07 Å². The van der Waals surface area contributed by atoms with Crippen molar-refractivity contribution in [3.05, 3.63) is 35.1 Å². The molecule has 13 heavy (non-hydrogen) atoms. The molecule has 1 aromatic rings. The Hall–Kier alpha value is -1.11. The topological polar surface area (TPSA) is 49.8 Å². The molecule has 0 aliphatic carbocycles. The summed E-state index contributed by atoms with van der Waals surface area (Å²) >= 11 is 0. The van der Waals surface area contributed by atoms with Crippen LogP contribution in [0.4, 0.5) is 4.39 Å². The van der Waals surface area contributed by atoms with E-state index in [9.17, 15) is 4.39 Å². The Labute approximate surface area is 82.6 Å². The van der Waals surface area contributed by atoms with Crippen molar-refractivity contribution in [2.45, 2.75) is 13.0 Å². The predicted octanol–water partition coefficient (Wildman–Crippen LogP) is 2.14. The quantitative estimate of drug-likeness (QED) is 0.755. The fourth-order valence-corrected chi connectivity index (χ4v) is 0.966. The van der Waals surface area contributed by atoms with Crippen LogP contribution >= 0.6 is 12.4 Å². The number of benzene rings is 1. The minimum absolute atomic E-state index is 0. The lowest BCUT2D eigenvalue weighted by molar-refractivity contribution is 0.593. The average molecular weight is 201 g/mol. The van der Waals surface area contributed by atoms with Crippen LogP contribution in [0.3, 0.4) is 0 Å². The fraction of sp³-hybridized carbons (Fsp3) is 0.222. The Bertz CT molecular complexity index is 331. The van der Waals surface area contributed by atoms with Crippen LogP contribution < -0.4 is 5.73 Å². The minimum atomic E-state index is -0.413. The molecule has 0 saturated carbocycles. The number of halogens is 2. The smallest absolute Gasteiger partial charge is 0.129 e. The van der Waals surface area contributed by atoms with E-state index in [0.717, 1.165) is 0 Å². The van der Waals surface area contributed by atoms with Gasteiger partial charge in [0, 0.05) is 11.6 Å². The third-order valence-electron chi connectivity index (χ3n) is 1.62. The van der Waals surface area contributed by atoms with Crippen molar-refractivity contribution in [3.63, 3.8) is 0 Å². The molecule has 0 saturated heterocycles. The first kappa shape index (κ1) is 11.9. The first-order chi connectivity index (χ1) is 5.65. The van der Waals surface area contributed by atoms with E-state index in [4.69, 9.17) is 11.0 Å². The molecule has 1 aromatic carbocycles. The Balaban J connectivity index is 0.00000144. The first-order valence-electron chi connectivity index (χ1n) is 3.60. The van der Waals surface area contributed by atoms with Gasteiger partial charge in [0.15, 0.2) is 0 Å². The number of nitriles is 1. The highest BCUT2D eigenvalue weighted by molar-refractivity contribution is 5.85. The molecule has 4 heteroatoms. The molecule has 0 aliphatic rings. The zero-order chi connectivity index (χ0) is 9.14. The summed E-state index contributed by atoms with van der Waals surface area (Å²) in [5, 5.41) is 8.44. The molecule has 0 fully saturated rings. The van der Waals surface area contributed by atoms with Gasteiger partial charge >= 0.3 is 0 Å². The molecule has 1 atom stereocenters. The van der Waals surface area contributed by atoms with Gasteiger partial charge < -0.3 is 5.73 Å². The number of hydrogen-bond acceptors (Lipinski definition) is 2. The van der Waals surface area contributed by atoms with Gasteiger partial charge in [-0.1, -0.05) is 6.07 Å². The van der Waals surface area contributed by atoms with E-state index in [1.54, 1.807) is 19.1 Å². The van der Waals surface area contributed by atoms with Crippen molar-refractivity contribution in [2.75, 3.05) is 0 Å². The molecular weight excluding hydrogens is 191 g/mol. The van der Waals surface area contributed by atoms with Gasteiger partial charge in [-0.25, -0.2) is 4.39 Å². The summed E-state index contributed by atoms with van der Waals surface area (Å²) < 4.78 is 13.1. The molecule has 0 heterocycles. The van der Waals surface area contributed by atoms with Gasteiger partial charge in [0.05, 0.1) is 11.6 Å². The highest BCUT2D eigenvalue weighted by Crippen LogP contribution is 2.15. The third kappa shape index (κ3) is 2.69. The number of nitrogens with two attached hydrogens (primary N) is 1. The van der Waals surface area contributed by atoms with Crippen molar-refractivity contribution in [1.82, 2.24) is 0 Å². The molecule has 0 bridgehead atoms. The van der Waals surface area contributed by atoms with Crippen LogP contribution in [0.1, 0.15) is 24.1 Å². The third-order valence-corrected chi connectivity index (χ3v) is 1.62.